The molecule has 0 saturated heterocycles. The van der Waals surface area contributed by atoms with Crippen molar-refractivity contribution < 1.29 is 23.9 Å². The molecule has 0 fully saturated rings. The van der Waals surface area contributed by atoms with Crippen molar-refractivity contribution in [1.82, 2.24) is 0 Å². The molecular formula is C26H35BO5Si. The van der Waals surface area contributed by atoms with Crippen molar-refractivity contribution in [3.05, 3.63) is 84.4 Å². The van der Waals surface area contributed by atoms with Crippen molar-refractivity contribution in [3.63, 3.8) is 0 Å². The summed E-state index contributed by atoms with van der Waals surface area (Å²) >= 11 is 0. The first kappa shape index (κ1) is 26.5. The van der Waals surface area contributed by atoms with Gasteiger partial charge in [0.15, 0.2) is 5.75 Å². The van der Waals surface area contributed by atoms with Crippen LogP contribution in [0.1, 0.15) is 26.3 Å². The molecule has 0 aliphatic rings. The molecule has 0 saturated carbocycles. The minimum atomic E-state index is -1.93. The van der Waals surface area contributed by atoms with E-state index in [0.717, 1.165) is 22.8 Å². The minimum absolute atomic E-state index is 0.129. The van der Waals surface area contributed by atoms with E-state index in [4.69, 9.17) is 23.9 Å². The molecule has 5 nitrogen and oxygen atoms in total. The van der Waals surface area contributed by atoms with Gasteiger partial charge in [-0.2, -0.15) is 0 Å². The standard InChI is InChI=1S/C20H28O3Si.C6H7BO2/c1-20(2,3)24(5,6)23-18-13-12-17(21-4)14-19(18)22-15-16-10-8-7-9-11-16;8-7(9)6-4-2-1-3-5-6/h7-14H,15H2,1-6H3;1-5,8-9H. The molecule has 0 spiro atoms. The van der Waals surface area contributed by atoms with Crippen molar-refractivity contribution in [2.75, 3.05) is 7.11 Å². The molecule has 0 atom stereocenters. The second-order valence-corrected chi connectivity index (χ2v) is 14.0. The van der Waals surface area contributed by atoms with Crippen LogP contribution in [0.4, 0.5) is 0 Å². The Morgan fingerprint density at radius 3 is 1.88 bits per heavy atom. The van der Waals surface area contributed by atoms with Gasteiger partial charge in [-0.3, -0.25) is 0 Å². The number of benzene rings is 3. The zero-order valence-electron chi connectivity index (χ0n) is 20.4. The maximum absolute atomic E-state index is 8.58. The minimum Gasteiger partial charge on any atom is -0.541 e. The summed E-state index contributed by atoms with van der Waals surface area (Å²) in [5.41, 5.74) is 1.65. The molecule has 0 heterocycles. The summed E-state index contributed by atoms with van der Waals surface area (Å²) in [6, 6.07) is 24.5. The van der Waals surface area contributed by atoms with Crippen molar-refractivity contribution >= 4 is 20.9 Å². The molecule has 3 rings (SSSR count). The topological polar surface area (TPSA) is 68.2 Å². The average Bonchev–Trinajstić information content (AvgIpc) is 2.79. The fourth-order valence-corrected chi connectivity index (χ4v) is 3.63. The van der Waals surface area contributed by atoms with Crippen LogP contribution in [-0.2, 0) is 6.61 Å². The lowest BCUT2D eigenvalue weighted by Gasteiger charge is -2.36. The summed E-state index contributed by atoms with van der Waals surface area (Å²) in [5.74, 6) is 2.28. The molecule has 7 heteroatoms. The maximum atomic E-state index is 8.58. The maximum Gasteiger partial charge on any atom is 0.488 e. The van der Waals surface area contributed by atoms with Crippen LogP contribution in [0.2, 0.25) is 18.1 Å². The molecular weight excluding hydrogens is 431 g/mol. The Balaban J connectivity index is 0.000000357. The van der Waals surface area contributed by atoms with Crippen LogP contribution >= 0.6 is 0 Å². The molecule has 0 radical (unpaired) electrons. The molecule has 2 N–H and O–H groups in total. The van der Waals surface area contributed by atoms with Gasteiger partial charge in [0.2, 0.25) is 0 Å². The number of hydrogen-bond acceptors (Lipinski definition) is 5. The average molecular weight is 466 g/mol. The fourth-order valence-electron chi connectivity index (χ4n) is 2.60. The van der Waals surface area contributed by atoms with E-state index in [0.29, 0.717) is 12.1 Å². The highest BCUT2D eigenvalue weighted by Crippen LogP contribution is 2.41. The van der Waals surface area contributed by atoms with Crippen LogP contribution in [0.5, 0.6) is 17.2 Å². The number of ether oxygens (including phenoxy) is 2. The lowest BCUT2D eigenvalue weighted by atomic mass is 9.81. The molecule has 3 aromatic carbocycles. The van der Waals surface area contributed by atoms with Gasteiger partial charge in [0.25, 0.3) is 8.32 Å². The largest absolute Gasteiger partial charge is 0.541 e. The van der Waals surface area contributed by atoms with Gasteiger partial charge in [0.05, 0.1) is 7.11 Å². The van der Waals surface area contributed by atoms with E-state index in [9.17, 15) is 0 Å². The van der Waals surface area contributed by atoms with Gasteiger partial charge in [0, 0.05) is 6.07 Å². The highest BCUT2D eigenvalue weighted by Gasteiger charge is 2.39. The zero-order chi connectivity index (χ0) is 24.5. The Labute approximate surface area is 199 Å². The highest BCUT2D eigenvalue weighted by molar-refractivity contribution is 6.74. The Kier molecular flexibility index (Phi) is 9.59. The van der Waals surface area contributed by atoms with Crippen LogP contribution in [0, 0.1) is 0 Å². The zero-order valence-corrected chi connectivity index (χ0v) is 21.4. The number of rotatable bonds is 7. The van der Waals surface area contributed by atoms with Crippen LogP contribution in [-0.4, -0.2) is 32.6 Å². The smallest absolute Gasteiger partial charge is 0.488 e. The van der Waals surface area contributed by atoms with E-state index in [1.54, 1.807) is 31.4 Å². The van der Waals surface area contributed by atoms with E-state index >= 15 is 0 Å². The third kappa shape index (κ3) is 8.28. The van der Waals surface area contributed by atoms with Gasteiger partial charge in [-0.15, -0.1) is 0 Å². The number of hydrogen-bond donors (Lipinski definition) is 2. The van der Waals surface area contributed by atoms with Gasteiger partial charge >= 0.3 is 7.12 Å². The summed E-state index contributed by atoms with van der Waals surface area (Å²) < 4.78 is 17.8. The van der Waals surface area contributed by atoms with E-state index < -0.39 is 15.4 Å². The Morgan fingerprint density at radius 1 is 0.818 bits per heavy atom. The monoisotopic (exact) mass is 466 g/mol. The molecule has 33 heavy (non-hydrogen) atoms. The highest BCUT2D eigenvalue weighted by atomic mass is 28.4. The molecule has 3 aromatic rings. The van der Waals surface area contributed by atoms with Crippen LogP contribution in [0.3, 0.4) is 0 Å². The predicted octanol–water partition coefficient (Wildman–Crippen LogP) is 5.02. The first-order valence-electron chi connectivity index (χ1n) is 11.0. The van der Waals surface area contributed by atoms with E-state index in [1.165, 1.54) is 0 Å². The fraction of sp³-hybridized carbons (Fsp3) is 0.308. The molecule has 0 aliphatic carbocycles. The molecule has 0 bridgehead atoms. The van der Waals surface area contributed by atoms with Gasteiger partial charge in [-0.25, -0.2) is 0 Å². The molecule has 0 amide bonds. The lowest BCUT2D eigenvalue weighted by molar-refractivity contribution is 0.292. The number of methoxy groups -OCH3 is 1. The third-order valence-corrected chi connectivity index (χ3v) is 10.00. The lowest BCUT2D eigenvalue weighted by Crippen LogP contribution is -2.43. The normalized spacial score (nSPS) is 11.2. The summed E-state index contributed by atoms with van der Waals surface area (Å²) in [5, 5.41) is 17.3. The van der Waals surface area contributed by atoms with E-state index in [-0.39, 0.29) is 5.04 Å². The van der Waals surface area contributed by atoms with E-state index in [2.05, 4.69) is 46.0 Å². The summed E-state index contributed by atoms with van der Waals surface area (Å²) in [4.78, 5) is 0. The van der Waals surface area contributed by atoms with Gasteiger partial charge in [-0.1, -0.05) is 81.4 Å². The Hall–Kier alpha value is -2.74. The molecule has 0 aliphatic heterocycles. The summed E-state index contributed by atoms with van der Waals surface area (Å²) in [7, 11) is -1.62. The second-order valence-electron chi connectivity index (χ2n) is 9.23. The third-order valence-electron chi connectivity index (χ3n) is 5.66. The first-order chi connectivity index (χ1) is 15.5. The Bertz CT molecular complexity index is 973. The summed E-state index contributed by atoms with van der Waals surface area (Å²) in [6.07, 6.45) is 0. The van der Waals surface area contributed by atoms with Gasteiger partial charge in [-0.05, 0) is 41.3 Å². The molecule has 0 unspecified atom stereocenters. The van der Waals surface area contributed by atoms with Crippen molar-refractivity contribution in [2.24, 2.45) is 0 Å². The molecule has 0 aromatic heterocycles. The van der Waals surface area contributed by atoms with Crippen molar-refractivity contribution in [2.45, 2.75) is 45.5 Å². The van der Waals surface area contributed by atoms with Crippen LogP contribution < -0.4 is 19.4 Å². The Morgan fingerprint density at radius 2 is 1.39 bits per heavy atom. The molecule has 176 valence electrons. The quantitative estimate of drug-likeness (QED) is 0.479. The predicted molar refractivity (Wildman–Crippen MR) is 138 cm³/mol. The summed E-state index contributed by atoms with van der Waals surface area (Å²) in [6.45, 7) is 11.7. The van der Waals surface area contributed by atoms with Crippen molar-refractivity contribution in [1.29, 1.82) is 0 Å². The van der Waals surface area contributed by atoms with Crippen molar-refractivity contribution in [3.8, 4) is 17.2 Å². The van der Waals surface area contributed by atoms with Gasteiger partial charge in [0.1, 0.15) is 18.1 Å². The van der Waals surface area contributed by atoms with Gasteiger partial charge < -0.3 is 23.9 Å². The second kappa shape index (κ2) is 11.9. The SMILES string of the molecule is COc1ccc(O[Si](C)(C)C(C)(C)C)c(OCc2ccccc2)c1.OB(O)c1ccccc1. The van der Waals surface area contributed by atoms with Crippen LogP contribution in [0.15, 0.2) is 78.9 Å². The first-order valence-corrected chi connectivity index (χ1v) is 13.9. The van der Waals surface area contributed by atoms with Crippen LogP contribution in [0.25, 0.3) is 0 Å². The van der Waals surface area contributed by atoms with E-state index in [1.807, 2.05) is 42.5 Å².